The van der Waals surface area contributed by atoms with Crippen molar-refractivity contribution in [1.29, 1.82) is 0 Å². The van der Waals surface area contributed by atoms with Crippen LogP contribution in [0.1, 0.15) is 52.0 Å². The van der Waals surface area contributed by atoms with E-state index in [1.165, 1.54) is 6.33 Å². The molecular weight excluding hydrogens is 518 g/mol. The number of nitrogens with zero attached hydrogens (tertiary/aromatic N) is 5. The van der Waals surface area contributed by atoms with Crippen LogP contribution in [0.2, 0.25) is 18.1 Å². The topological polar surface area (TPSA) is 121 Å². The Bertz CT molecular complexity index is 1340. The first-order valence-corrected chi connectivity index (χ1v) is 16.1. The van der Waals surface area contributed by atoms with Crippen molar-refractivity contribution in [2.24, 2.45) is 0 Å². The van der Waals surface area contributed by atoms with Crippen molar-refractivity contribution in [2.45, 2.75) is 89.5 Å². The number of anilines is 1. The van der Waals surface area contributed by atoms with Gasteiger partial charge in [-0.15, -0.1) is 0 Å². The minimum Gasteiger partial charge on any atom is -0.465 e. The highest BCUT2D eigenvalue weighted by Gasteiger charge is 2.57. The Morgan fingerprint density at radius 1 is 1.15 bits per heavy atom. The second-order valence-electron chi connectivity index (χ2n) is 12.1. The van der Waals surface area contributed by atoms with Crippen LogP contribution in [-0.2, 0) is 25.2 Å². The second kappa shape index (κ2) is 9.93. The number of carbonyl (C=O) groups is 1. The minimum atomic E-state index is -2.02. The molecule has 11 nitrogen and oxygen atoms in total. The van der Waals surface area contributed by atoms with Gasteiger partial charge in [0.1, 0.15) is 30.7 Å². The standard InChI is InChI=1S/C27H37N5O6Si/c1-26(2,3)39(6,7)35-15-19-21-22(38-27(4,5)37-21)20(36-19)18-13-28-24-23(29-16-30-32(18)24)31(25(33)34)14-17-11-9-8-10-12-17/h8-13,16,19-22H,14-15H2,1-7H3,(H,33,34)/t19-,20+,21-,22+/m1/s1. The molecule has 12 heteroatoms. The van der Waals surface area contributed by atoms with Gasteiger partial charge in [-0.3, -0.25) is 4.90 Å². The van der Waals surface area contributed by atoms with E-state index in [1.807, 2.05) is 44.2 Å². The van der Waals surface area contributed by atoms with Gasteiger partial charge < -0.3 is 23.7 Å². The van der Waals surface area contributed by atoms with Gasteiger partial charge >= 0.3 is 6.09 Å². The van der Waals surface area contributed by atoms with Gasteiger partial charge in [0.15, 0.2) is 25.6 Å². The quantitative estimate of drug-likeness (QED) is 0.410. The Morgan fingerprint density at radius 2 is 1.85 bits per heavy atom. The third-order valence-corrected chi connectivity index (χ3v) is 12.3. The van der Waals surface area contributed by atoms with Gasteiger partial charge in [0.25, 0.3) is 0 Å². The number of rotatable bonds is 7. The van der Waals surface area contributed by atoms with Crippen LogP contribution in [0.4, 0.5) is 10.6 Å². The van der Waals surface area contributed by atoms with Gasteiger partial charge in [0.05, 0.1) is 25.0 Å². The Balaban J connectivity index is 1.46. The molecule has 2 aliphatic heterocycles. The maximum absolute atomic E-state index is 12.3. The van der Waals surface area contributed by atoms with Crippen molar-refractivity contribution in [3.05, 3.63) is 54.1 Å². The van der Waals surface area contributed by atoms with Crippen LogP contribution in [0.25, 0.3) is 5.65 Å². The first-order valence-electron chi connectivity index (χ1n) is 13.2. The summed E-state index contributed by atoms with van der Waals surface area (Å²) in [7, 11) is -2.02. The molecule has 4 atom stereocenters. The molecule has 0 bridgehead atoms. The van der Waals surface area contributed by atoms with Gasteiger partial charge in [0.2, 0.25) is 0 Å². The van der Waals surface area contributed by atoms with Gasteiger partial charge in [0, 0.05) is 0 Å². The molecule has 0 unspecified atom stereocenters. The molecule has 2 fully saturated rings. The van der Waals surface area contributed by atoms with Crippen molar-refractivity contribution < 1.29 is 28.5 Å². The molecule has 2 saturated heterocycles. The number of amides is 1. The number of carboxylic acid groups (broad SMARTS) is 1. The van der Waals surface area contributed by atoms with Gasteiger partial charge in [-0.2, -0.15) is 5.10 Å². The van der Waals surface area contributed by atoms with Crippen molar-refractivity contribution >= 4 is 25.9 Å². The number of aromatic nitrogens is 4. The SMILES string of the molecule is CC1(C)O[C@@H]2[C@H](O1)[C@@H](CO[Si](C)(C)C(C)(C)C)O[C@H]2c1cnc2c(N(Cc3ccccc3)C(=O)O)ncnn12. The van der Waals surface area contributed by atoms with Gasteiger partial charge in [-0.25, -0.2) is 19.3 Å². The van der Waals surface area contributed by atoms with E-state index in [-0.39, 0.29) is 29.6 Å². The zero-order chi connectivity index (χ0) is 28.2. The number of fused-ring (bicyclic) bond motifs is 2. The number of benzene rings is 1. The summed E-state index contributed by atoms with van der Waals surface area (Å²) in [6.07, 6.45) is 0.185. The first kappa shape index (κ1) is 27.7. The lowest BCUT2D eigenvalue weighted by Crippen LogP contribution is -2.44. The minimum absolute atomic E-state index is 0.0570. The summed E-state index contributed by atoms with van der Waals surface area (Å²) in [4.78, 5) is 22.2. The maximum Gasteiger partial charge on any atom is 0.413 e. The summed E-state index contributed by atoms with van der Waals surface area (Å²) in [5.74, 6) is -0.605. The largest absolute Gasteiger partial charge is 0.465 e. The Morgan fingerprint density at radius 3 is 2.51 bits per heavy atom. The van der Waals surface area contributed by atoms with Crippen LogP contribution in [0, 0.1) is 0 Å². The van der Waals surface area contributed by atoms with Crippen LogP contribution >= 0.6 is 0 Å². The molecule has 0 aliphatic carbocycles. The number of hydrogen-bond acceptors (Lipinski definition) is 8. The van der Waals surface area contributed by atoms with Crippen LogP contribution in [0.5, 0.6) is 0 Å². The third kappa shape index (κ3) is 5.31. The van der Waals surface area contributed by atoms with Crippen LogP contribution < -0.4 is 4.90 Å². The first-order chi connectivity index (χ1) is 18.3. The Hall–Kier alpha value is -2.90. The van der Waals surface area contributed by atoms with E-state index in [4.69, 9.17) is 18.6 Å². The number of imidazole rings is 1. The van der Waals surface area contributed by atoms with E-state index in [2.05, 4.69) is 48.9 Å². The maximum atomic E-state index is 12.3. The molecule has 1 amide bonds. The van der Waals surface area contributed by atoms with Gasteiger partial charge in [-0.05, 0) is 37.5 Å². The average Bonchev–Trinajstić information content (AvgIpc) is 3.51. The third-order valence-electron chi connectivity index (χ3n) is 7.84. The molecule has 1 aromatic carbocycles. The van der Waals surface area contributed by atoms with E-state index in [0.29, 0.717) is 17.9 Å². The van der Waals surface area contributed by atoms with Crippen molar-refractivity contribution in [1.82, 2.24) is 19.6 Å². The molecule has 2 aliphatic rings. The van der Waals surface area contributed by atoms with Gasteiger partial charge in [-0.1, -0.05) is 51.1 Å². The smallest absolute Gasteiger partial charge is 0.413 e. The second-order valence-corrected chi connectivity index (χ2v) is 16.9. The lowest BCUT2D eigenvalue weighted by molar-refractivity contribution is -0.191. The predicted octanol–water partition coefficient (Wildman–Crippen LogP) is 4.79. The summed E-state index contributed by atoms with van der Waals surface area (Å²) >= 11 is 0. The molecule has 3 aromatic rings. The Kier molecular flexibility index (Phi) is 7.04. The predicted molar refractivity (Wildman–Crippen MR) is 146 cm³/mol. The average molecular weight is 556 g/mol. The summed E-state index contributed by atoms with van der Waals surface area (Å²) in [6, 6.07) is 9.34. The fourth-order valence-corrected chi connectivity index (χ4v) is 5.78. The molecular formula is C27H37N5O6Si. The molecule has 210 valence electrons. The molecule has 4 heterocycles. The zero-order valence-corrected chi connectivity index (χ0v) is 24.5. The van der Waals surface area contributed by atoms with Crippen LogP contribution in [-0.4, -0.2) is 69.8 Å². The molecule has 0 radical (unpaired) electrons. The van der Waals surface area contributed by atoms with Crippen molar-refractivity contribution in [2.75, 3.05) is 11.5 Å². The highest BCUT2D eigenvalue weighted by molar-refractivity contribution is 6.74. The van der Waals surface area contributed by atoms with E-state index in [1.54, 1.807) is 10.7 Å². The highest BCUT2D eigenvalue weighted by Crippen LogP contribution is 2.46. The van der Waals surface area contributed by atoms with E-state index in [9.17, 15) is 9.90 Å². The normalized spacial score (nSPS) is 24.7. The van der Waals surface area contributed by atoms with Crippen LogP contribution in [0.3, 0.4) is 0 Å². The monoisotopic (exact) mass is 555 g/mol. The lowest BCUT2D eigenvalue weighted by Gasteiger charge is -2.37. The fraction of sp³-hybridized carbons (Fsp3) is 0.556. The number of ether oxygens (including phenoxy) is 3. The highest BCUT2D eigenvalue weighted by atomic mass is 28.4. The van der Waals surface area contributed by atoms with Crippen molar-refractivity contribution in [3.63, 3.8) is 0 Å². The molecule has 0 spiro atoms. The molecule has 1 N–H and O–H groups in total. The van der Waals surface area contributed by atoms with Crippen LogP contribution in [0.15, 0.2) is 42.9 Å². The molecule has 0 saturated carbocycles. The van der Waals surface area contributed by atoms with E-state index < -0.39 is 32.4 Å². The van der Waals surface area contributed by atoms with E-state index >= 15 is 0 Å². The molecule has 2 aromatic heterocycles. The zero-order valence-electron chi connectivity index (χ0n) is 23.5. The van der Waals surface area contributed by atoms with E-state index in [0.717, 1.165) is 10.5 Å². The number of hydrogen-bond donors (Lipinski definition) is 1. The summed E-state index contributed by atoms with van der Waals surface area (Å²) in [6.45, 7) is 15.3. The molecule has 5 rings (SSSR count). The lowest BCUT2D eigenvalue weighted by atomic mass is 10.1. The fourth-order valence-electron chi connectivity index (χ4n) is 4.77. The summed E-state index contributed by atoms with van der Waals surface area (Å²) in [5, 5.41) is 14.5. The Labute approximate surface area is 229 Å². The van der Waals surface area contributed by atoms with Crippen molar-refractivity contribution in [3.8, 4) is 0 Å². The summed E-state index contributed by atoms with van der Waals surface area (Å²) in [5.41, 5.74) is 1.77. The molecule has 39 heavy (non-hydrogen) atoms. The summed E-state index contributed by atoms with van der Waals surface area (Å²) < 4.78 is 27.2.